The second-order valence-electron chi connectivity index (χ2n) is 4.80. The number of carbonyl (C=O) groups is 1. The molecule has 108 valence electrons. The van der Waals surface area contributed by atoms with Gasteiger partial charge in [0.05, 0.1) is 0 Å². The molecule has 3 rings (SSSR count). The molecule has 2 aromatic carbocycles. The highest BCUT2D eigenvalue weighted by Crippen LogP contribution is 2.25. The number of oxazole rings is 1. The molecular formula is C16H12AlFN2O2. The van der Waals surface area contributed by atoms with Gasteiger partial charge in [0, 0.05) is 16.8 Å². The summed E-state index contributed by atoms with van der Waals surface area (Å²) >= 11 is 0.458. The van der Waals surface area contributed by atoms with E-state index in [4.69, 9.17) is 4.42 Å². The van der Waals surface area contributed by atoms with Crippen LogP contribution in [0.1, 0.15) is 0 Å². The lowest BCUT2D eigenvalue weighted by Crippen LogP contribution is -2.07. The Morgan fingerprint density at radius 1 is 1.05 bits per heavy atom. The van der Waals surface area contributed by atoms with Gasteiger partial charge >= 0.3 is 16.3 Å². The first-order chi connectivity index (χ1) is 10.6. The van der Waals surface area contributed by atoms with Gasteiger partial charge in [0.25, 0.3) is 0 Å². The number of hydrogen-bond donors (Lipinski definition) is 1. The maximum absolute atomic E-state index is 12.9. The van der Waals surface area contributed by atoms with Crippen LogP contribution in [-0.2, 0) is 0 Å². The van der Waals surface area contributed by atoms with Gasteiger partial charge in [0.2, 0.25) is 5.89 Å². The van der Waals surface area contributed by atoms with Gasteiger partial charge in [-0.3, -0.25) is 4.79 Å². The van der Waals surface area contributed by atoms with E-state index in [1.165, 1.54) is 18.4 Å². The molecule has 0 unspecified atom stereocenters. The number of anilines is 1. The lowest BCUT2D eigenvalue weighted by molar-refractivity contribution is 0.269. The second-order valence-corrected chi connectivity index (χ2v) is 5.71. The van der Waals surface area contributed by atoms with Crippen molar-refractivity contribution in [2.24, 2.45) is 0 Å². The first-order valence-electron chi connectivity index (χ1n) is 6.71. The number of carbonyl (C=O) groups excluding carboxylic acids is 1. The van der Waals surface area contributed by atoms with Gasteiger partial charge in [-0.2, -0.15) is 0 Å². The average Bonchev–Trinajstić information content (AvgIpc) is 2.98. The molecule has 0 saturated carbocycles. The van der Waals surface area contributed by atoms with Crippen molar-refractivity contribution in [3.63, 3.8) is 0 Å². The zero-order valence-corrected chi connectivity index (χ0v) is 13.8. The van der Waals surface area contributed by atoms with E-state index < -0.39 is 0 Å². The minimum Gasteiger partial charge on any atom is -0.444 e. The Labute approximate surface area is 134 Å². The Balaban J connectivity index is 1.84. The van der Waals surface area contributed by atoms with Crippen LogP contribution in [0.25, 0.3) is 22.7 Å². The summed E-state index contributed by atoms with van der Waals surface area (Å²) in [6.07, 6.45) is 1.54. The molecule has 1 aromatic heterocycles. The molecule has 0 aliphatic rings. The smallest absolute Gasteiger partial charge is 0.355 e. The minimum atomic E-state index is -0.288. The maximum atomic E-state index is 12.9. The normalized spacial score (nSPS) is 10.4. The third kappa shape index (κ3) is 3.25. The van der Waals surface area contributed by atoms with E-state index in [1.54, 1.807) is 24.3 Å². The molecule has 4 nitrogen and oxygen atoms in total. The largest absolute Gasteiger partial charge is 0.444 e. The average molecular weight is 310 g/mol. The Morgan fingerprint density at radius 2 is 1.68 bits per heavy atom. The number of aromatic nitrogens is 1. The SMILES string of the molecule is O=[C]([AlH2])Nc1ccc(-c2nc(-c3ccc(F)cc3)co2)cc1. The van der Waals surface area contributed by atoms with Gasteiger partial charge in [-0.25, -0.2) is 9.37 Å². The highest BCUT2D eigenvalue weighted by atomic mass is 27.0. The second kappa shape index (κ2) is 6.14. The van der Waals surface area contributed by atoms with Crippen LogP contribution < -0.4 is 5.32 Å². The first-order valence-corrected chi connectivity index (χ1v) is 7.71. The minimum absolute atomic E-state index is 0.0162. The number of amides is 1. The third-order valence-electron chi connectivity index (χ3n) is 3.10. The molecule has 0 spiro atoms. The summed E-state index contributed by atoms with van der Waals surface area (Å²) < 4.78 is 18.4. The number of benzene rings is 2. The van der Waals surface area contributed by atoms with Crippen molar-refractivity contribution < 1.29 is 13.6 Å². The molecule has 0 aliphatic carbocycles. The van der Waals surface area contributed by atoms with E-state index in [1.807, 2.05) is 12.1 Å². The summed E-state index contributed by atoms with van der Waals surface area (Å²) in [6, 6.07) is 13.3. The molecule has 0 saturated heterocycles. The van der Waals surface area contributed by atoms with Gasteiger partial charge < -0.3 is 9.73 Å². The summed E-state index contributed by atoms with van der Waals surface area (Å²) in [5.41, 5.74) is 2.98. The van der Waals surface area contributed by atoms with Crippen molar-refractivity contribution in [2.75, 3.05) is 5.32 Å². The molecule has 0 radical (unpaired) electrons. The van der Waals surface area contributed by atoms with Gasteiger partial charge in [-0.15, -0.1) is 0 Å². The molecule has 22 heavy (non-hydrogen) atoms. The van der Waals surface area contributed by atoms with Gasteiger partial charge in [0.15, 0.2) is 0 Å². The van der Waals surface area contributed by atoms with Gasteiger partial charge in [0.1, 0.15) is 22.5 Å². The van der Waals surface area contributed by atoms with E-state index in [-0.39, 0.29) is 10.6 Å². The van der Waals surface area contributed by atoms with E-state index in [0.29, 0.717) is 27.9 Å². The van der Waals surface area contributed by atoms with Crippen LogP contribution in [0.5, 0.6) is 0 Å². The molecule has 0 aliphatic heterocycles. The van der Waals surface area contributed by atoms with E-state index >= 15 is 0 Å². The third-order valence-corrected chi connectivity index (χ3v) is 3.35. The van der Waals surface area contributed by atoms with Crippen molar-refractivity contribution in [1.82, 2.24) is 4.98 Å². The molecule has 1 heterocycles. The van der Waals surface area contributed by atoms with Crippen molar-refractivity contribution in [2.45, 2.75) is 0 Å². The Hall–Kier alpha value is -2.42. The van der Waals surface area contributed by atoms with Gasteiger partial charge in [-0.05, 0) is 48.5 Å². The van der Waals surface area contributed by atoms with Crippen LogP contribution in [0.2, 0.25) is 0 Å². The standard InChI is InChI=1S/C16H10FN2O2.Al.2H/c17-13-5-1-11(2-6-13)15-9-21-16(19-15)12-3-7-14(8-4-12)18-10-20;;;/h1-9H,(H,18,20);;;. The van der Waals surface area contributed by atoms with Crippen LogP contribution >= 0.6 is 0 Å². The fourth-order valence-electron chi connectivity index (χ4n) is 2.06. The van der Waals surface area contributed by atoms with Crippen molar-refractivity contribution in [3.05, 3.63) is 60.6 Å². The summed E-state index contributed by atoms with van der Waals surface area (Å²) in [4.78, 5) is 15.4. The molecular weight excluding hydrogens is 298 g/mol. The predicted molar refractivity (Wildman–Crippen MR) is 84.9 cm³/mol. The van der Waals surface area contributed by atoms with Crippen LogP contribution in [0, 0.1) is 5.82 Å². The number of rotatable bonds is 3. The van der Waals surface area contributed by atoms with Crippen LogP contribution in [-0.4, -0.2) is 26.0 Å². The summed E-state index contributed by atoms with van der Waals surface area (Å²) in [5.74, 6) is 0.187. The number of nitrogens with zero attached hydrogens (tertiary/aromatic N) is 1. The summed E-state index contributed by atoms with van der Waals surface area (Å²) in [5, 5.41) is 2.76. The lowest BCUT2D eigenvalue weighted by Gasteiger charge is -2.02. The van der Waals surface area contributed by atoms with Crippen molar-refractivity contribution in [1.29, 1.82) is 0 Å². The molecule has 3 aromatic rings. The predicted octanol–water partition coefficient (Wildman–Crippen LogP) is 3.31. The van der Waals surface area contributed by atoms with Crippen LogP contribution in [0.3, 0.4) is 0 Å². The molecule has 0 atom stereocenters. The van der Waals surface area contributed by atoms with E-state index in [2.05, 4.69) is 10.3 Å². The zero-order valence-electron chi connectivity index (χ0n) is 11.8. The monoisotopic (exact) mass is 310 g/mol. The van der Waals surface area contributed by atoms with Crippen LogP contribution in [0.15, 0.2) is 59.2 Å². The Bertz CT molecular complexity index is 798. The van der Waals surface area contributed by atoms with E-state index in [9.17, 15) is 9.18 Å². The number of hydrogen-bond acceptors (Lipinski definition) is 3. The highest BCUT2D eigenvalue weighted by Gasteiger charge is 2.08. The van der Waals surface area contributed by atoms with Crippen LogP contribution in [0.4, 0.5) is 14.9 Å². The topological polar surface area (TPSA) is 55.1 Å². The maximum Gasteiger partial charge on any atom is 0.355 e. The zero-order chi connectivity index (χ0) is 15.5. The molecule has 6 heteroatoms. The Morgan fingerprint density at radius 3 is 2.32 bits per heavy atom. The molecule has 1 N–H and O–H groups in total. The molecule has 0 bridgehead atoms. The molecule has 1 amide bonds. The first kappa shape index (κ1) is 14.5. The molecule has 0 fully saturated rings. The number of nitrogens with one attached hydrogen (secondary N) is 1. The van der Waals surface area contributed by atoms with Crippen molar-refractivity contribution >= 4 is 26.7 Å². The van der Waals surface area contributed by atoms with Crippen molar-refractivity contribution in [3.8, 4) is 22.7 Å². The fraction of sp³-hybridized carbons (Fsp3) is 0. The van der Waals surface area contributed by atoms with E-state index in [0.717, 1.165) is 16.8 Å². The van der Waals surface area contributed by atoms with Gasteiger partial charge in [-0.1, -0.05) is 0 Å². The Kier molecular flexibility index (Phi) is 4.05. The number of halogens is 1. The summed E-state index contributed by atoms with van der Waals surface area (Å²) in [6.45, 7) is 0. The summed E-state index contributed by atoms with van der Waals surface area (Å²) in [7, 11) is 0. The quantitative estimate of drug-likeness (QED) is 0.755. The highest BCUT2D eigenvalue weighted by molar-refractivity contribution is 6.60. The fourth-order valence-corrected chi connectivity index (χ4v) is 2.35. The lowest BCUT2D eigenvalue weighted by atomic mass is 10.1.